The van der Waals surface area contributed by atoms with Gasteiger partial charge in [0.1, 0.15) is 30.5 Å². The number of unbranched alkanes of at least 4 members (excludes halogenated alkanes) is 18. The maximum absolute atomic E-state index is 12.9. The van der Waals surface area contributed by atoms with E-state index in [0.29, 0.717) is 6.42 Å². The Morgan fingerprint density at radius 2 is 1.29 bits per heavy atom. The lowest BCUT2D eigenvalue weighted by molar-refractivity contribution is -0.303. The van der Waals surface area contributed by atoms with E-state index >= 15 is 0 Å². The summed E-state index contributed by atoms with van der Waals surface area (Å²) in [5.74, 6) is 2.26. The Kier molecular flexibility index (Phi) is 27.2. The summed E-state index contributed by atoms with van der Waals surface area (Å²) in [6, 6.07) is -0.985. The maximum atomic E-state index is 12.9. The number of hydrogen-bond donors (Lipinski definition) is 7. The van der Waals surface area contributed by atoms with Crippen molar-refractivity contribution in [3.63, 3.8) is 0 Å². The molecule has 2 aliphatic heterocycles. The van der Waals surface area contributed by atoms with Crippen molar-refractivity contribution in [2.75, 3.05) is 44.4 Å². The van der Waals surface area contributed by atoms with Crippen LogP contribution in [0.4, 0.5) is 0 Å². The minimum Gasteiger partial charge on any atom is -0.394 e. The van der Waals surface area contributed by atoms with E-state index in [-0.39, 0.29) is 18.9 Å². The van der Waals surface area contributed by atoms with Crippen LogP contribution < -0.4 is 5.32 Å². The standard InChI is InChI=1S/C39H76N2O9S/c1-2-3-4-5-6-7-8-9-10-13-16-19-22-32(43)35(45)31(30-49-39-38(48)37(47)36(46)33(29-42)50-39)40-34(44)23-20-17-14-11-12-15-18-21-24-41-25-27-51-28-26-41/h31-33,35-39,42-43,45-48H,2-30H2,1H3,(H,40,44)/t31-,32+,33+,35-,36-,37-,38+,39-/m0/s1. The van der Waals surface area contributed by atoms with Gasteiger partial charge < -0.3 is 50.3 Å². The molecule has 1 amide bonds. The van der Waals surface area contributed by atoms with Crippen molar-refractivity contribution in [2.45, 2.75) is 197 Å². The van der Waals surface area contributed by atoms with Crippen LogP contribution in [0, 0.1) is 0 Å². The quantitative estimate of drug-likeness (QED) is 0.0492. The summed E-state index contributed by atoms with van der Waals surface area (Å²) in [4.78, 5) is 15.5. The molecule has 0 aromatic heterocycles. The molecule has 2 aliphatic rings. The van der Waals surface area contributed by atoms with Gasteiger partial charge in [0, 0.05) is 31.0 Å². The molecule has 0 aromatic rings. The lowest BCUT2D eigenvalue weighted by atomic mass is 9.98. The molecule has 2 heterocycles. The molecule has 2 saturated heterocycles. The summed E-state index contributed by atoms with van der Waals surface area (Å²) >= 11 is 2.05. The van der Waals surface area contributed by atoms with Crippen LogP contribution in [-0.4, -0.2) is 135 Å². The number of carbonyl (C=O) groups is 1. The predicted octanol–water partition coefficient (Wildman–Crippen LogP) is 4.66. The molecular weight excluding hydrogens is 673 g/mol. The predicted molar refractivity (Wildman–Crippen MR) is 205 cm³/mol. The second-order valence-corrected chi connectivity index (χ2v) is 16.2. The molecule has 51 heavy (non-hydrogen) atoms. The molecule has 0 aliphatic carbocycles. The molecule has 12 heteroatoms. The molecule has 11 nitrogen and oxygen atoms in total. The summed E-state index contributed by atoms with van der Waals surface area (Å²) in [5.41, 5.74) is 0. The number of ether oxygens (including phenoxy) is 2. The average molecular weight is 749 g/mol. The van der Waals surface area contributed by atoms with Crippen LogP contribution in [0.25, 0.3) is 0 Å². The monoisotopic (exact) mass is 749 g/mol. The van der Waals surface area contributed by atoms with Crippen molar-refractivity contribution in [1.82, 2.24) is 10.2 Å². The van der Waals surface area contributed by atoms with E-state index < -0.39 is 55.6 Å². The number of amides is 1. The first-order valence-corrected chi connectivity index (χ1v) is 21.8. The highest BCUT2D eigenvalue weighted by molar-refractivity contribution is 7.99. The van der Waals surface area contributed by atoms with Gasteiger partial charge in [0.05, 0.1) is 25.4 Å². The Hall–Kier alpha value is -0.540. The fourth-order valence-corrected chi connectivity index (χ4v) is 8.03. The van der Waals surface area contributed by atoms with Crippen LogP contribution in [0.15, 0.2) is 0 Å². The zero-order chi connectivity index (χ0) is 37.1. The summed E-state index contributed by atoms with van der Waals surface area (Å²) in [6.45, 7) is 5.01. The fourth-order valence-electron chi connectivity index (χ4n) is 7.05. The minimum atomic E-state index is -1.60. The van der Waals surface area contributed by atoms with Crippen molar-refractivity contribution in [2.24, 2.45) is 0 Å². The molecule has 0 spiro atoms. The van der Waals surface area contributed by atoms with E-state index in [1.54, 1.807) is 0 Å². The van der Waals surface area contributed by atoms with Gasteiger partial charge in [-0.3, -0.25) is 4.79 Å². The van der Waals surface area contributed by atoms with Crippen molar-refractivity contribution in [3.05, 3.63) is 0 Å². The van der Waals surface area contributed by atoms with E-state index in [1.165, 1.54) is 108 Å². The zero-order valence-electron chi connectivity index (χ0n) is 31.9. The van der Waals surface area contributed by atoms with Gasteiger partial charge in [0.15, 0.2) is 6.29 Å². The Morgan fingerprint density at radius 3 is 1.86 bits per heavy atom. The van der Waals surface area contributed by atoms with E-state index in [4.69, 9.17) is 9.47 Å². The first-order valence-electron chi connectivity index (χ1n) is 20.7. The Morgan fingerprint density at radius 1 is 0.765 bits per heavy atom. The topological polar surface area (TPSA) is 172 Å². The highest BCUT2D eigenvalue weighted by atomic mass is 32.2. The van der Waals surface area contributed by atoms with E-state index in [2.05, 4.69) is 17.1 Å². The van der Waals surface area contributed by atoms with Crippen LogP contribution in [-0.2, 0) is 14.3 Å². The molecular formula is C39H76N2O9S. The summed E-state index contributed by atoms with van der Waals surface area (Å²) in [7, 11) is 0. The van der Waals surface area contributed by atoms with Crippen molar-refractivity contribution in [3.8, 4) is 0 Å². The van der Waals surface area contributed by atoms with Crippen molar-refractivity contribution >= 4 is 17.7 Å². The molecule has 0 bridgehead atoms. The van der Waals surface area contributed by atoms with Crippen molar-refractivity contribution in [1.29, 1.82) is 0 Å². The third kappa shape index (κ3) is 20.6. The van der Waals surface area contributed by atoms with Gasteiger partial charge in [-0.15, -0.1) is 0 Å². The van der Waals surface area contributed by atoms with Gasteiger partial charge in [-0.1, -0.05) is 122 Å². The van der Waals surface area contributed by atoms with Gasteiger partial charge in [0.25, 0.3) is 0 Å². The average Bonchev–Trinajstić information content (AvgIpc) is 3.14. The molecule has 302 valence electrons. The van der Waals surface area contributed by atoms with E-state index in [1.807, 2.05) is 11.8 Å². The van der Waals surface area contributed by atoms with Gasteiger partial charge >= 0.3 is 0 Å². The van der Waals surface area contributed by atoms with Crippen LogP contribution in [0.2, 0.25) is 0 Å². The Labute approximate surface area is 313 Å². The van der Waals surface area contributed by atoms with Crippen LogP contribution >= 0.6 is 11.8 Å². The SMILES string of the molecule is CCCCCCCCCCCCCC[C@@H](O)[C@@H](O)[C@H](CO[C@H]1O[C@H](CO)[C@H](O)[C@H](O)[C@H]1O)NC(=O)CCCCCCCCCCN1CCSCC1. The van der Waals surface area contributed by atoms with Crippen LogP contribution in [0.1, 0.15) is 148 Å². The van der Waals surface area contributed by atoms with E-state index in [0.717, 1.165) is 51.4 Å². The number of thioether (sulfide) groups is 1. The second kappa shape index (κ2) is 29.8. The molecule has 8 atom stereocenters. The lowest BCUT2D eigenvalue weighted by Crippen LogP contribution is -2.60. The van der Waals surface area contributed by atoms with Gasteiger partial charge in [-0.2, -0.15) is 11.8 Å². The first kappa shape index (κ1) is 46.6. The van der Waals surface area contributed by atoms with Crippen LogP contribution in [0.3, 0.4) is 0 Å². The summed E-state index contributed by atoms with van der Waals surface area (Å²) in [6.07, 6.45) is 14.2. The second-order valence-electron chi connectivity index (χ2n) is 15.0. The van der Waals surface area contributed by atoms with Crippen LogP contribution in [0.5, 0.6) is 0 Å². The minimum absolute atomic E-state index is 0.259. The van der Waals surface area contributed by atoms with Gasteiger partial charge in [-0.05, 0) is 25.8 Å². The smallest absolute Gasteiger partial charge is 0.220 e. The summed E-state index contributed by atoms with van der Waals surface area (Å²) < 4.78 is 11.1. The molecule has 7 N–H and O–H groups in total. The summed E-state index contributed by atoms with van der Waals surface area (Å²) in [5, 5.41) is 65.0. The molecule has 0 saturated carbocycles. The highest BCUT2D eigenvalue weighted by Gasteiger charge is 2.44. The number of aliphatic hydroxyl groups is 6. The van der Waals surface area contributed by atoms with Crippen molar-refractivity contribution < 1.29 is 44.9 Å². The molecule has 2 rings (SSSR count). The zero-order valence-corrected chi connectivity index (χ0v) is 32.7. The fraction of sp³-hybridized carbons (Fsp3) is 0.974. The van der Waals surface area contributed by atoms with E-state index in [9.17, 15) is 35.4 Å². The normalized spacial score (nSPS) is 24.7. The third-order valence-corrected chi connectivity index (χ3v) is 11.5. The molecule has 0 unspecified atom stereocenters. The number of hydrogen-bond acceptors (Lipinski definition) is 11. The number of nitrogens with one attached hydrogen (secondary N) is 1. The van der Waals surface area contributed by atoms with Gasteiger partial charge in [0.2, 0.25) is 5.91 Å². The van der Waals surface area contributed by atoms with Gasteiger partial charge in [-0.25, -0.2) is 0 Å². The maximum Gasteiger partial charge on any atom is 0.220 e. The third-order valence-electron chi connectivity index (χ3n) is 10.5. The number of nitrogens with zero attached hydrogens (tertiary/aromatic N) is 1. The Bertz CT molecular complexity index is 838. The number of rotatable bonds is 31. The number of carbonyl (C=O) groups excluding carboxylic acids is 1. The lowest BCUT2D eigenvalue weighted by Gasteiger charge is -2.40. The molecule has 2 fully saturated rings. The largest absolute Gasteiger partial charge is 0.394 e. The number of aliphatic hydroxyl groups excluding tert-OH is 6. The first-order chi connectivity index (χ1) is 24.8. The Balaban J connectivity index is 1.70. The molecule has 0 aromatic carbocycles. The highest BCUT2D eigenvalue weighted by Crippen LogP contribution is 2.23. The molecule has 0 radical (unpaired) electrons.